The van der Waals surface area contributed by atoms with Gasteiger partial charge in [-0.1, -0.05) is 18.1 Å². The van der Waals surface area contributed by atoms with Crippen LogP contribution in [-0.4, -0.2) is 13.1 Å². The van der Waals surface area contributed by atoms with Crippen LogP contribution in [0.25, 0.3) is 11.0 Å². The van der Waals surface area contributed by atoms with E-state index in [0.29, 0.717) is 12.0 Å². The summed E-state index contributed by atoms with van der Waals surface area (Å²) >= 11 is 0. The SMILES string of the molecule is CNC1CCCC1c1cc2cc(C)ccc2o1. The molecule has 1 aliphatic carbocycles. The molecule has 1 saturated carbocycles. The van der Waals surface area contributed by atoms with E-state index in [9.17, 15) is 0 Å². The fourth-order valence-electron chi connectivity index (χ4n) is 3.01. The van der Waals surface area contributed by atoms with Crippen LogP contribution in [0.4, 0.5) is 0 Å². The van der Waals surface area contributed by atoms with Crippen LogP contribution < -0.4 is 5.32 Å². The molecule has 1 heterocycles. The minimum absolute atomic E-state index is 0.549. The maximum atomic E-state index is 6.00. The highest BCUT2D eigenvalue weighted by Gasteiger charge is 2.29. The topological polar surface area (TPSA) is 25.2 Å². The van der Waals surface area contributed by atoms with Crippen molar-refractivity contribution in [3.63, 3.8) is 0 Å². The minimum atomic E-state index is 0.549. The van der Waals surface area contributed by atoms with Gasteiger partial charge in [0.25, 0.3) is 0 Å². The Morgan fingerprint density at radius 1 is 1.24 bits per heavy atom. The van der Waals surface area contributed by atoms with Crippen LogP contribution in [0.2, 0.25) is 0 Å². The minimum Gasteiger partial charge on any atom is -0.461 e. The third kappa shape index (κ3) is 1.87. The van der Waals surface area contributed by atoms with Gasteiger partial charge in [-0.3, -0.25) is 0 Å². The van der Waals surface area contributed by atoms with E-state index in [1.165, 1.54) is 30.2 Å². The zero-order chi connectivity index (χ0) is 11.8. The summed E-state index contributed by atoms with van der Waals surface area (Å²) in [5, 5.41) is 4.65. The predicted molar refractivity (Wildman–Crippen MR) is 70.4 cm³/mol. The van der Waals surface area contributed by atoms with Gasteiger partial charge in [-0.2, -0.15) is 0 Å². The largest absolute Gasteiger partial charge is 0.461 e. The molecular formula is C15H19NO. The van der Waals surface area contributed by atoms with Gasteiger partial charge in [0.15, 0.2) is 0 Å². The summed E-state index contributed by atoms with van der Waals surface area (Å²) in [6, 6.07) is 9.20. The summed E-state index contributed by atoms with van der Waals surface area (Å²) in [5.74, 6) is 1.70. The van der Waals surface area contributed by atoms with Crippen molar-refractivity contribution < 1.29 is 4.42 Å². The monoisotopic (exact) mass is 229 g/mol. The van der Waals surface area contributed by atoms with Crippen LogP contribution in [0.1, 0.15) is 36.5 Å². The fourth-order valence-corrected chi connectivity index (χ4v) is 3.01. The summed E-state index contributed by atoms with van der Waals surface area (Å²) in [5.41, 5.74) is 2.31. The van der Waals surface area contributed by atoms with Gasteiger partial charge in [0.1, 0.15) is 11.3 Å². The van der Waals surface area contributed by atoms with Crippen LogP contribution in [0, 0.1) is 6.92 Å². The lowest BCUT2D eigenvalue weighted by atomic mass is 10.0. The highest BCUT2D eigenvalue weighted by molar-refractivity contribution is 5.78. The second kappa shape index (κ2) is 4.19. The lowest BCUT2D eigenvalue weighted by Crippen LogP contribution is -2.27. The lowest BCUT2D eigenvalue weighted by molar-refractivity contribution is 0.435. The Kier molecular flexibility index (Phi) is 2.67. The Bertz CT molecular complexity index is 529. The number of benzene rings is 1. The van der Waals surface area contributed by atoms with Crippen molar-refractivity contribution in [1.29, 1.82) is 0 Å². The van der Waals surface area contributed by atoms with E-state index >= 15 is 0 Å². The van der Waals surface area contributed by atoms with Crippen LogP contribution in [0.3, 0.4) is 0 Å². The van der Waals surface area contributed by atoms with Gasteiger partial charge < -0.3 is 9.73 Å². The van der Waals surface area contributed by atoms with E-state index in [4.69, 9.17) is 4.42 Å². The third-order valence-electron chi connectivity index (χ3n) is 3.94. The highest BCUT2D eigenvalue weighted by Crippen LogP contribution is 2.37. The Labute approximate surface area is 102 Å². The average Bonchev–Trinajstić information content (AvgIpc) is 2.93. The van der Waals surface area contributed by atoms with Gasteiger partial charge in [-0.05, 0) is 45.0 Å². The van der Waals surface area contributed by atoms with Gasteiger partial charge in [-0.25, -0.2) is 0 Å². The Morgan fingerprint density at radius 3 is 2.94 bits per heavy atom. The molecule has 0 saturated heterocycles. The van der Waals surface area contributed by atoms with Crippen LogP contribution in [-0.2, 0) is 0 Å². The van der Waals surface area contributed by atoms with E-state index in [-0.39, 0.29) is 0 Å². The molecule has 0 bridgehead atoms. The maximum Gasteiger partial charge on any atom is 0.134 e. The molecular weight excluding hydrogens is 210 g/mol. The van der Waals surface area contributed by atoms with Gasteiger partial charge in [0.05, 0.1) is 0 Å². The Hall–Kier alpha value is -1.28. The molecule has 1 aromatic carbocycles. The second-order valence-electron chi connectivity index (χ2n) is 5.12. The first-order chi connectivity index (χ1) is 8.28. The number of furan rings is 1. The molecule has 2 unspecified atom stereocenters. The predicted octanol–water partition coefficient (Wildman–Crippen LogP) is 3.60. The number of hydrogen-bond acceptors (Lipinski definition) is 2. The van der Waals surface area contributed by atoms with E-state index in [1.807, 2.05) is 0 Å². The number of nitrogens with one attached hydrogen (secondary N) is 1. The van der Waals surface area contributed by atoms with Crippen LogP contribution in [0.5, 0.6) is 0 Å². The number of rotatable bonds is 2. The molecule has 1 fully saturated rings. The zero-order valence-electron chi connectivity index (χ0n) is 10.5. The second-order valence-corrected chi connectivity index (χ2v) is 5.12. The maximum absolute atomic E-state index is 6.00. The number of likely N-dealkylation sites (N-methyl/N-ethyl adjacent to an activating group) is 1. The van der Waals surface area contributed by atoms with Gasteiger partial charge in [0.2, 0.25) is 0 Å². The van der Waals surface area contributed by atoms with Gasteiger partial charge in [-0.15, -0.1) is 0 Å². The zero-order valence-corrected chi connectivity index (χ0v) is 10.5. The van der Waals surface area contributed by atoms with E-state index in [1.54, 1.807) is 0 Å². The highest BCUT2D eigenvalue weighted by atomic mass is 16.3. The molecule has 1 N–H and O–H groups in total. The van der Waals surface area contributed by atoms with Crippen LogP contribution >= 0.6 is 0 Å². The number of fused-ring (bicyclic) bond motifs is 1. The number of aryl methyl sites for hydroxylation is 1. The van der Waals surface area contributed by atoms with Crippen molar-refractivity contribution in [1.82, 2.24) is 5.32 Å². The molecule has 0 radical (unpaired) electrons. The fraction of sp³-hybridized carbons (Fsp3) is 0.467. The first-order valence-electron chi connectivity index (χ1n) is 6.45. The quantitative estimate of drug-likeness (QED) is 0.851. The normalized spacial score (nSPS) is 24.6. The molecule has 3 rings (SSSR count). The summed E-state index contributed by atoms with van der Waals surface area (Å²) in [6.07, 6.45) is 3.80. The molecule has 2 heteroatoms. The molecule has 1 aliphatic rings. The van der Waals surface area contributed by atoms with Gasteiger partial charge >= 0.3 is 0 Å². The molecule has 0 spiro atoms. The third-order valence-corrected chi connectivity index (χ3v) is 3.94. The first kappa shape index (κ1) is 10.8. The summed E-state index contributed by atoms with van der Waals surface area (Å²) in [7, 11) is 2.05. The van der Waals surface area contributed by atoms with Crippen molar-refractivity contribution >= 4 is 11.0 Å². The molecule has 1 aromatic heterocycles. The van der Waals surface area contributed by atoms with Crippen LogP contribution in [0.15, 0.2) is 28.7 Å². The molecule has 0 aliphatic heterocycles. The standard InChI is InChI=1S/C15H19NO/c1-10-6-7-14-11(8-10)9-15(17-14)12-4-3-5-13(12)16-2/h6-9,12-13,16H,3-5H2,1-2H3. The van der Waals surface area contributed by atoms with Crippen molar-refractivity contribution in [3.8, 4) is 0 Å². The molecule has 90 valence electrons. The smallest absolute Gasteiger partial charge is 0.134 e. The molecule has 2 nitrogen and oxygen atoms in total. The molecule has 17 heavy (non-hydrogen) atoms. The van der Waals surface area contributed by atoms with Crippen molar-refractivity contribution in [2.75, 3.05) is 7.05 Å². The van der Waals surface area contributed by atoms with Gasteiger partial charge in [0, 0.05) is 17.3 Å². The van der Waals surface area contributed by atoms with Crippen molar-refractivity contribution in [2.24, 2.45) is 0 Å². The summed E-state index contributed by atoms with van der Waals surface area (Å²) in [4.78, 5) is 0. The van der Waals surface area contributed by atoms with Crippen molar-refractivity contribution in [2.45, 2.75) is 38.1 Å². The Morgan fingerprint density at radius 2 is 2.12 bits per heavy atom. The van der Waals surface area contributed by atoms with E-state index in [2.05, 4.69) is 43.6 Å². The number of hydrogen-bond donors (Lipinski definition) is 1. The summed E-state index contributed by atoms with van der Waals surface area (Å²) in [6.45, 7) is 2.12. The van der Waals surface area contributed by atoms with E-state index < -0.39 is 0 Å². The van der Waals surface area contributed by atoms with Crippen molar-refractivity contribution in [3.05, 3.63) is 35.6 Å². The first-order valence-corrected chi connectivity index (χ1v) is 6.45. The summed E-state index contributed by atoms with van der Waals surface area (Å²) < 4.78 is 6.00. The Balaban J connectivity index is 2.00. The molecule has 2 aromatic rings. The lowest BCUT2D eigenvalue weighted by Gasteiger charge is -2.16. The molecule has 2 atom stereocenters. The van der Waals surface area contributed by atoms with E-state index in [0.717, 1.165) is 11.3 Å². The average molecular weight is 229 g/mol. The molecule has 0 amide bonds.